The first-order valence-electron chi connectivity index (χ1n) is 9.99. The molecule has 3 rings (SSSR count). The summed E-state index contributed by atoms with van der Waals surface area (Å²) in [4.78, 5) is 12.7. The summed E-state index contributed by atoms with van der Waals surface area (Å²) < 4.78 is 42.2. The second kappa shape index (κ2) is 9.22. The molecule has 0 radical (unpaired) electrons. The van der Waals surface area contributed by atoms with Crippen molar-refractivity contribution >= 4 is 21.7 Å². The molecule has 172 valence electrons. The molecule has 2 aromatic carbocycles. The van der Waals surface area contributed by atoms with E-state index in [0.29, 0.717) is 28.3 Å². The summed E-state index contributed by atoms with van der Waals surface area (Å²) in [6.07, 6.45) is 1.36. The Labute approximate surface area is 188 Å². The first-order valence-corrected chi connectivity index (χ1v) is 11.8. The third-order valence-electron chi connectivity index (χ3n) is 5.00. The fraction of sp³-hybridized carbons (Fsp3) is 0.348. The molecule has 8 nitrogen and oxygen atoms in total. The van der Waals surface area contributed by atoms with Gasteiger partial charge >= 0.3 is 5.97 Å². The van der Waals surface area contributed by atoms with Crippen molar-refractivity contribution in [2.75, 3.05) is 30.8 Å². The molecule has 0 amide bonds. The molecule has 2 aromatic rings. The highest BCUT2D eigenvalue weighted by Crippen LogP contribution is 2.27. The molecule has 32 heavy (non-hydrogen) atoms. The van der Waals surface area contributed by atoms with Crippen LogP contribution in [0.2, 0.25) is 0 Å². The summed E-state index contributed by atoms with van der Waals surface area (Å²) in [7, 11) is -2.06. The standard InChI is InChI=1S/C23H28N2O6S/c1-16-13-29-20-7-5-6-17(9-20)12-23(2,24)22(26)31-15-18-8-19(25(3)32(4,27)28)11-21(10-18)30-14-16/h5-11H,1,12-15,24H2,2-4H3. The van der Waals surface area contributed by atoms with Gasteiger partial charge in [-0.2, -0.15) is 0 Å². The molecule has 0 saturated carbocycles. The molecule has 9 heteroatoms. The van der Waals surface area contributed by atoms with E-state index < -0.39 is 21.5 Å². The molecule has 4 bridgehead atoms. The molecule has 0 fully saturated rings. The summed E-state index contributed by atoms with van der Waals surface area (Å²) in [6, 6.07) is 12.2. The Balaban J connectivity index is 1.95. The second-order valence-corrected chi connectivity index (χ2v) is 10.2. The van der Waals surface area contributed by atoms with Crippen LogP contribution < -0.4 is 19.5 Å². The molecule has 1 heterocycles. The van der Waals surface area contributed by atoms with Gasteiger partial charge in [-0.25, -0.2) is 8.42 Å². The Bertz CT molecular complexity index is 1130. The van der Waals surface area contributed by atoms with E-state index in [2.05, 4.69) is 6.58 Å². The van der Waals surface area contributed by atoms with Crippen LogP contribution in [0.15, 0.2) is 54.6 Å². The molecular weight excluding hydrogens is 432 g/mol. The van der Waals surface area contributed by atoms with Crippen LogP contribution in [0, 0.1) is 0 Å². The highest BCUT2D eigenvalue weighted by atomic mass is 32.2. The van der Waals surface area contributed by atoms with Gasteiger partial charge in [0.1, 0.15) is 36.9 Å². The number of rotatable bonds is 2. The van der Waals surface area contributed by atoms with E-state index in [4.69, 9.17) is 19.9 Å². The van der Waals surface area contributed by atoms with E-state index in [1.54, 1.807) is 25.1 Å². The number of esters is 1. The quantitative estimate of drug-likeness (QED) is 0.542. The van der Waals surface area contributed by atoms with Gasteiger partial charge in [0.25, 0.3) is 0 Å². The van der Waals surface area contributed by atoms with Gasteiger partial charge in [-0.1, -0.05) is 18.7 Å². The van der Waals surface area contributed by atoms with Crippen molar-refractivity contribution in [3.8, 4) is 11.5 Å². The number of cyclic esters (lactones) is 1. The van der Waals surface area contributed by atoms with Crippen molar-refractivity contribution in [1.82, 2.24) is 0 Å². The molecule has 1 atom stereocenters. The van der Waals surface area contributed by atoms with Crippen LogP contribution in [-0.2, 0) is 32.6 Å². The molecule has 1 aliphatic rings. The number of sulfonamides is 1. The van der Waals surface area contributed by atoms with Gasteiger partial charge < -0.3 is 19.9 Å². The predicted molar refractivity (Wildman–Crippen MR) is 122 cm³/mol. The minimum Gasteiger partial charge on any atom is -0.489 e. The first kappa shape index (κ1) is 23.6. The maximum Gasteiger partial charge on any atom is 0.326 e. The molecule has 1 aliphatic heterocycles. The van der Waals surface area contributed by atoms with Crippen LogP contribution in [0.5, 0.6) is 11.5 Å². The number of nitrogens with zero attached hydrogens (tertiary/aromatic N) is 1. The van der Waals surface area contributed by atoms with Gasteiger partial charge in [0.2, 0.25) is 10.0 Å². The van der Waals surface area contributed by atoms with Crippen LogP contribution in [0.3, 0.4) is 0 Å². The van der Waals surface area contributed by atoms with Gasteiger partial charge in [-0.05, 0) is 47.9 Å². The number of carbonyl (C=O) groups is 1. The number of hydrogen-bond acceptors (Lipinski definition) is 7. The number of carbonyl (C=O) groups excluding carboxylic acids is 1. The van der Waals surface area contributed by atoms with Gasteiger partial charge in [-0.15, -0.1) is 0 Å². The molecular formula is C23H28N2O6S. The van der Waals surface area contributed by atoms with Crippen LogP contribution in [0.1, 0.15) is 18.1 Å². The third kappa shape index (κ3) is 6.02. The van der Waals surface area contributed by atoms with E-state index >= 15 is 0 Å². The largest absolute Gasteiger partial charge is 0.489 e. The zero-order chi connectivity index (χ0) is 23.5. The lowest BCUT2D eigenvalue weighted by Gasteiger charge is -2.24. The highest BCUT2D eigenvalue weighted by molar-refractivity contribution is 7.92. The van der Waals surface area contributed by atoms with Crippen molar-refractivity contribution in [3.05, 3.63) is 65.7 Å². The van der Waals surface area contributed by atoms with E-state index in [0.717, 1.165) is 16.1 Å². The van der Waals surface area contributed by atoms with Crippen molar-refractivity contribution < 1.29 is 27.4 Å². The van der Waals surface area contributed by atoms with Crippen molar-refractivity contribution in [2.45, 2.75) is 25.5 Å². The lowest BCUT2D eigenvalue weighted by molar-refractivity contribution is -0.150. The third-order valence-corrected chi connectivity index (χ3v) is 6.21. The SMILES string of the molecule is C=C1COc2cccc(c2)CC(C)(N)C(=O)OCc2cc(cc(N(C)S(C)(=O)=O)c2)OC1. The Kier molecular flexibility index (Phi) is 6.80. The van der Waals surface area contributed by atoms with Crippen LogP contribution in [-0.4, -0.2) is 46.4 Å². The fourth-order valence-electron chi connectivity index (χ4n) is 3.15. The van der Waals surface area contributed by atoms with Gasteiger partial charge in [0, 0.05) is 19.5 Å². The van der Waals surface area contributed by atoms with Crippen molar-refractivity contribution in [1.29, 1.82) is 0 Å². The Morgan fingerprint density at radius 2 is 1.66 bits per heavy atom. The van der Waals surface area contributed by atoms with Crippen LogP contribution in [0.4, 0.5) is 5.69 Å². The van der Waals surface area contributed by atoms with E-state index in [1.807, 2.05) is 24.3 Å². The summed E-state index contributed by atoms with van der Waals surface area (Å²) in [5, 5.41) is 0. The number of benzene rings is 2. The lowest BCUT2D eigenvalue weighted by atomic mass is 9.94. The monoisotopic (exact) mass is 460 g/mol. The highest BCUT2D eigenvalue weighted by Gasteiger charge is 2.31. The van der Waals surface area contributed by atoms with E-state index in [9.17, 15) is 13.2 Å². The van der Waals surface area contributed by atoms with E-state index in [1.165, 1.54) is 7.05 Å². The summed E-state index contributed by atoms with van der Waals surface area (Å²) in [6.45, 7) is 5.91. The summed E-state index contributed by atoms with van der Waals surface area (Å²) >= 11 is 0. The number of fused-ring (bicyclic) bond motifs is 4. The maximum atomic E-state index is 12.7. The molecule has 0 spiro atoms. The number of hydrogen-bond donors (Lipinski definition) is 1. The van der Waals surface area contributed by atoms with Gasteiger partial charge in [-0.3, -0.25) is 9.10 Å². The Morgan fingerprint density at radius 3 is 2.34 bits per heavy atom. The Hall–Kier alpha value is -3.04. The number of ether oxygens (including phenoxy) is 3. The van der Waals surface area contributed by atoms with E-state index in [-0.39, 0.29) is 26.2 Å². The maximum absolute atomic E-state index is 12.7. The first-order chi connectivity index (χ1) is 14.9. The number of nitrogens with two attached hydrogens (primary N) is 1. The average molecular weight is 461 g/mol. The molecule has 2 N–H and O–H groups in total. The number of anilines is 1. The normalized spacial score (nSPS) is 20.0. The molecule has 0 aliphatic carbocycles. The summed E-state index contributed by atoms with van der Waals surface area (Å²) in [5.41, 5.74) is 7.47. The smallest absolute Gasteiger partial charge is 0.326 e. The average Bonchev–Trinajstić information content (AvgIpc) is 2.72. The molecule has 1 unspecified atom stereocenters. The van der Waals surface area contributed by atoms with Crippen molar-refractivity contribution in [2.24, 2.45) is 5.73 Å². The topological polar surface area (TPSA) is 108 Å². The predicted octanol–water partition coefficient (Wildman–Crippen LogP) is 2.41. The van der Waals surface area contributed by atoms with Gasteiger partial charge in [0.05, 0.1) is 11.9 Å². The van der Waals surface area contributed by atoms with Gasteiger partial charge in [0.15, 0.2) is 0 Å². The van der Waals surface area contributed by atoms with Crippen LogP contribution >= 0.6 is 0 Å². The summed E-state index contributed by atoms with van der Waals surface area (Å²) in [5.74, 6) is 0.461. The fourth-order valence-corrected chi connectivity index (χ4v) is 3.64. The molecule has 0 aromatic heterocycles. The second-order valence-electron chi connectivity index (χ2n) is 8.21. The molecule has 0 saturated heterocycles. The van der Waals surface area contributed by atoms with Crippen molar-refractivity contribution in [3.63, 3.8) is 0 Å². The minimum atomic E-state index is -3.50. The Morgan fingerprint density at radius 1 is 1.00 bits per heavy atom. The minimum absolute atomic E-state index is 0.0858. The van der Waals surface area contributed by atoms with Crippen LogP contribution in [0.25, 0.3) is 0 Å². The zero-order valence-electron chi connectivity index (χ0n) is 18.5. The zero-order valence-corrected chi connectivity index (χ0v) is 19.3. The lowest BCUT2D eigenvalue weighted by Crippen LogP contribution is -2.48.